The van der Waals surface area contributed by atoms with Crippen LogP contribution in [0.25, 0.3) is 0 Å². The van der Waals surface area contributed by atoms with Crippen LogP contribution in [-0.4, -0.2) is 14.2 Å². The number of hydrogen-bond acceptors (Lipinski definition) is 4. The molecule has 0 amide bonds. The fraction of sp³-hybridized carbons (Fsp3) is 0.167. The Balaban J connectivity index is 1.86. The van der Waals surface area contributed by atoms with E-state index in [1.165, 1.54) is 0 Å². The van der Waals surface area contributed by atoms with Crippen LogP contribution in [0, 0.1) is 12.3 Å². The molecule has 3 aromatic rings. The van der Waals surface area contributed by atoms with Crippen molar-refractivity contribution in [2.24, 2.45) is 0 Å². The van der Waals surface area contributed by atoms with Crippen LogP contribution in [0.5, 0.6) is 23.0 Å². The van der Waals surface area contributed by atoms with Crippen LogP contribution in [0.15, 0.2) is 60.7 Å². The maximum absolute atomic E-state index is 6.49. The number of rotatable bonds is 8. The van der Waals surface area contributed by atoms with E-state index in [1.54, 1.807) is 26.4 Å². The fourth-order valence-corrected chi connectivity index (χ4v) is 3.11. The highest BCUT2D eigenvalue weighted by atomic mass is 35.5. The summed E-state index contributed by atoms with van der Waals surface area (Å²) in [6.07, 6.45) is 5.56. The van der Waals surface area contributed by atoms with Crippen molar-refractivity contribution in [2.75, 3.05) is 14.2 Å². The molecular weight excluding hydrogens is 388 g/mol. The number of halogens is 1. The molecule has 148 valence electrons. The molecule has 0 heterocycles. The third kappa shape index (κ3) is 4.77. The van der Waals surface area contributed by atoms with E-state index in [-0.39, 0.29) is 6.61 Å². The Morgan fingerprint density at radius 1 is 0.759 bits per heavy atom. The molecule has 0 saturated carbocycles. The molecule has 0 aliphatic rings. The second-order valence-corrected chi connectivity index (χ2v) is 6.48. The molecule has 3 rings (SSSR count). The van der Waals surface area contributed by atoms with E-state index < -0.39 is 0 Å². The SMILES string of the molecule is C#Cc1ccc(OCc2ccccc2OC)c(OCc2ccccc2OC)c1Cl. The zero-order valence-corrected chi connectivity index (χ0v) is 17.0. The third-order valence-corrected chi connectivity index (χ3v) is 4.73. The van der Waals surface area contributed by atoms with Crippen molar-refractivity contribution in [1.29, 1.82) is 0 Å². The lowest BCUT2D eigenvalue weighted by molar-refractivity contribution is 0.250. The Labute approximate surface area is 175 Å². The summed E-state index contributed by atoms with van der Waals surface area (Å²) in [6.45, 7) is 0.545. The van der Waals surface area contributed by atoms with Gasteiger partial charge in [-0.2, -0.15) is 0 Å². The smallest absolute Gasteiger partial charge is 0.181 e. The van der Waals surface area contributed by atoms with E-state index in [2.05, 4.69) is 5.92 Å². The second-order valence-electron chi connectivity index (χ2n) is 6.10. The van der Waals surface area contributed by atoms with E-state index >= 15 is 0 Å². The van der Waals surface area contributed by atoms with Crippen LogP contribution in [0.3, 0.4) is 0 Å². The van der Waals surface area contributed by atoms with Gasteiger partial charge in [-0.15, -0.1) is 6.42 Å². The first-order valence-electron chi connectivity index (χ1n) is 8.96. The van der Waals surface area contributed by atoms with E-state index in [1.807, 2.05) is 48.5 Å². The Bertz CT molecular complexity index is 1020. The first-order valence-corrected chi connectivity index (χ1v) is 9.34. The van der Waals surface area contributed by atoms with Crippen molar-refractivity contribution < 1.29 is 18.9 Å². The zero-order chi connectivity index (χ0) is 20.6. The second kappa shape index (κ2) is 9.77. The lowest BCUT2D eigenvalue weighted by Crippen LogP contribution is -2.04. The maximum Gasteiger partial charge on any atom is 0.181 e. The summed E-state index contributed by atoms with van der Waals surface area (Å²) in [5.74, 6) is 4.93. The van der Waals surface area contributed by atoms with Gasteiger partial charge in [0.05, 0.1) is 14.2 Å². The fourth-order valence-electron chi connectivity index (χ4n) is 2.85. The van der Waals surface area contributed by atoms with Gasteiger partial charge >= 0.3 is 0 Å². The summed E-state index contributed by atoms with van der Waals surface area (Å²) in [4.78, 5) is 0. The van der Waals surface area contributed by atoms with Gasteiger partial charge in [0.15, 0.2) is 11.5 Å². The Morgan fingerprint density at radius 2 is 1.31 bits per heavy atom. The minimum Gasteiger partial charge on any atom is -0.496 e. The summed E-state index contributed by atoms with van der Waals surface area (Å²) in [5.41, 5.74) is 2.32. The third-order valence-electron chi connectivity index (χ3n) is 4.36. The molecule has 0 fully saturated rings. The van der Waals surface area contributed by atoms with E-state index in [0.717, 1.165) is 22.6 Å². The molecule has 0 spiro atoms. The average molecular weight is 409 g/mol. The van der Waals surface area contributed by atoms with Gasteiger partial charge < -0.3 is 18.9 Å². The minimum absolute atomic E-state index is 0.253. The van der Waals surface area contributed by atoms with Gasteiger partial charge in [-0.1, -0.05) is 53.9 Å². The minimum atomic E-state index is 0.253. The molecule has 0 aliphatic heterocycles. The molecular formula is C24H21ClO4. The molecule has 4 nitrogen and oxygen atoms in total. The molecule has 29 heavy (non-hydrogen) atoms. The lowest BCUT2D eigenvalue weighted by atomic mass is 10.2. The molecule has 0 unspecified atom stereocenters. The highest BCUT2D eigenvalue weighted by Gasteiger charge is 2.16. The van der Waals surface area contributed by atoms with Gasteiger partial charge in [0.2, 0.25) is 0 Å². The molecule has 0 bridgehead atoms. The van der Waals surface area contributed by atoms with Crippen LogP contribution >= 0.6 is 11.6 Å². The lowest BCUT2D eigenvalue weighted by Gasteiger charge is -2.17. The molecule has 0 N–H and O–H groups in total. The standard InChI is InChI=1S/C24H21ClO4/c1-4-17-13-14-22(28-15-18-9-5-7-11-20(18)26-2)24(23(17)25)29-16-19-10-6-8-12-21(19)27-3/h1,5-14H,15-16H2,2-3H3. The van der Waals surface area contributed by atoms with Crippen molar-refractivity contribution in [3.63, 3.8) is 0 Å². The number of benzene rings is 3. The summed E-state index contributed by atoms with van der Waals surface area (Å²) in [7, 11) is 3.24. The van der Waals surface area contributed by atoms with Gasteiger partial charge in [0.25, 0.3) is 0 Å². The van der Waals surface area contributed by atoms with Gasteiger partial charge in [0, 0.05) is 16.7 Å². The first kappa shape index (κ1) is 20.4. The molecule has 0 aliphatic carbocycles. The Morgan fingerprint density at radius 3 is 1.86 bits per heavy atom. The highest BCUT2D eigenvalue weighted by molar-refractivity contribution is 6.33. The van der Waals surface area contributed by atoms with Crippen molar-refractivity contribution in [3.05, 3.63) is 82.4 Å². The van der Waals surface area contributed by atoms with Crippen molar-refractivity contribution >= 4 is 11.6 Å². The van der Waals surface area contributed by atoms with Gasteiger partial charge in [0.1, 0.15) is 29.7 Å². The van der Waals surface area contributed by atoms with Gasteiger partial charge in [-0.25, -0.2) is 0 Å². The Hall–Kier alpha value is -3.29. The largest absolute Gasteiger partial charge is 0.496 e. The van der Waals surface area contributed by atoms with Crippen LogP contribution < -0.4 is 18.9 Å². The van der Waals surface area contributed by atoms with E-state index in [9.17, 15) is 0 Å². The van der Waals surface area contributed by atoms with E-state index in [0.29, 0.717) is 28.7 Å². The van der Waals surface area contributed by atoms with Crippen molar-refractivity contribution in [2.45, 2.75) is 13.2 Å². The molecule has 0 saturated heterocycles. The first-order chi connectivity index (χ1) is 14.2. The monoisotopic (exact) mass is 408 g/mol. The topological polar surface area (TPSA) is 36.9 Å². The van der Waals surface area contributed by atoms with Crippen LogP contribution in [-0.2, 0) is 13.2 Å². The zero-order valence-electron chi connectivity index (χ0n) is 16.3. The van der Waals surface area contributed by atoms with Crippen LogP contribution in [0.2, 0.25) is 5.02 Å². The molecule has 5 heteroatoms. The quantitative estimate of drug-likeness (QED) is 0.461. The Kier molecular flexibility index (Phi) is 6.89. The van der Waals surface area contributed by atoms with Crippen molar-refractivity contribution in [3.8, 4) is 35.3 Å². The number of terminal acetylenes is 1. The van der Waals surface area contributed by atoms with Crippen LogP contribution in [0.4, 0.5) is 0 Å². The summed E-state index contributed by atoms with van der Waals surface area (Å²) in [5, 5.41) is 0.333. The predicted molar refractivity (Wildman–Crippen MR) is 114 cm³/mol. The average Bonchev–Trinajstić information content (AvgIpc) is 2.77. The van der Waals surface area contributed by atoms with E-state index in [4.69, 9.17) is 37.0 Å². The molecule has 0 radical (unpaired) electrons. The van der Waals surface area contributed by atoms with Crippen LogP contribution in [0.1, 0.15) is 16.7 Å². The molecule has 3 aromatic carbocycles. The summed E-state index contributed by atoms with van der Waals surface area (Å²) < 4.78 is 22.8. The van der Waals surface area contributed by atoms with Crippen molar-refractivity contribution in [1.82, 2.24) is 0 Å². The summed E-state index contributed by atoms with van der Waals surface area (Å²) >= 11 is 6.49. The number of para-hydroxylation sites is 2. The van der Waals surface area contributed by atoms with Gasteiger partial charge in [-0.05, 0) is 24.3 Å². The molecule has 0 atom stereocenters. The predicted octanol–water partition coefficient (Wildman–Crippen LogP) is 5.50. The van der Waals surface area contributed by atoms with Gasteiger partial charge in [-0.3, -0.25) is 0 Å². The molecule has 0 aromatic heterocycles. The maximum atomic E-state index is 6.49. The number of ether oxygens (including phenoxy) is 4. The number of methoxy groups -OCH3 is 2. The normalized spacial score (nSPS) is 10.1. The highest BCUT2D eigenvalue weighted by Crippen LogP contribution is 2.39. The summed E-state index contributed by atoms with van der Waals surface area (Å²) in [6, 6.07) is 18.7. The number of hydrogen-bond donors (Lipinski definition) is 0.